The van der Waals surface area contributed by atoms with Crippen LogP contribution in [0.25, 0.3) is 0 Å². The van der Waals surface area contributed by atoms with Crippen LogP contribution in [0.4, 0.5) is 0 Å². The number of phenols is 1. The molecule has 4 aliphatic rings. The van der Waals surface area contributed by atoms with E-state index in [1.54, 1.807) is 12.1 Å². The predicted molar refractivity (Wildman–Crippen MR) is 111 cm³/mol. The number of piperazine rings is 1. The summed E-state index contributed by atoms with van der Waals surface area (Å²) in [6, 6.07) is 5.28. The summed E-state index contributed by atoms with van der Waals surface area (Å²) in [5.74, 6) is -0.186. The summed E-state index contributed by atoms with van der Waals surface area (Å²) >= 11 is 0. The second kappa shape index (κ2) is 7.04. The van der Waals surface area contributed by atoms with Gasteiger partial charge in [-0.05, 0) is 56.1 Å². The monoisotopic (exact) mass is 413 g/mol. The zero-order chi connectivity index (χ0) is 21.1. The summed E-state index contributed by atoms with van der Waals surface area (Å²) in [6.45, 7) is 3.72. The number of aromatic hydroxyl groups is 1. The minimum absolute atomic E-state index is 0.0155. The van der Waals surface area contributed by atoms with Crippen molar-refractivity contribution < 1.29 is 19.8 Å². The molecule has 5 rings (SSSR count). The third-order valence-electron chi connectivity index (χ3n) is 8.21. The summed E-state index contributed by atoms with van der Waals surface area (Å²) in [4.78, 5) is 30.2. The van der Waals surface area contributed by atoms with E-state index in [9.17, 15) is 19.8 Å². The SMILES string of the molecule is CN1CC[C@]23CC(=O)[C@@H](CC(=O)N4CCNCC4)C[C@@]2(O)[C@H]1Cc1ccc(O)cc13. The van der Waals surface area contributed by atoms with Gasteiger partial charge in [0, 0.05) is 56.4 Å². The Morgan fingerprint density at radius 1 is 1.27 bits per heavy atom. The average Bonchev–Trinajstić information content (AvgIpc) is 2.73. The molecule has 0 spiro atoms. The van der Waals surface area contributed by atoms with Gasteiger partial charge >= 0.3 is 0 Å². The maximum atomic E-state index is 13.3. The molecule has 0 radical (unpaired) electrons. The van der Waals surface area contributed by atoms with Crippen LogP contribution >= 0.6 is 0 Å². The van der Waals surface area contributed by atoms with Crippen LogP contribution in [-0.4, -0.2) is 83.1 Å². The number of benzene rings is 1. The molecule has 1 saturated carbocycles. The van der Waals surface area contributed by atoms with E-state index in [2.05, 4.69) is 10.2 Å². The topological polar surface area (TPSA) is 93.1 Å². The number of phenolic OH excluding ortho intramolecular Hbond substituents is 1. The highest BCUT2D eigenvalue weighted by Crippen LogP contribution is 2.58. The number of nitrogens with one attached hydrogen (secondary N) is 1. The number of rotatable bonds is 2. The molecule has 3 N–H and O–H groups in total. The van der Waals surface area contributed by atoms with Crippen molar-refractivity contribution in [3.8, 4) is 5.75 Å². The molecule has 162 valence electrons. The van der Waals surface area contributed by atoms with Crippen LogP contribution in [0.5, 0.6) is 5.75 Å². The molecule has 2 heterocycles. The van der Waals surface area contributed by atoms with E-state index in [1.165, 1.54) is 0 Å². The number of aliphatic hydroxyl groups is 1. The highest BCUT2D eigenvalue weighted by molar-refractivity contribution is 5.89. The molecule has 7 heteroatoms. The van der Waals surface area contributed by atoms with Crippen LogP contribution in [-0.2, 0) is 21.4 Å². The number of Topliss-reactive ketones (excluding diaryl/α,β-unsaturated/α-hetero) is 1. The molecular formula is C23H31N3O4. The summed E-state index contributed by atoms with van der Waals surface area (Å²) in [6.07, 6.45) is 2.10. The molecule has 1 amide bonds. The second-order valence-corrected chi connectivity index (χ2v) is 9.68. The van der Waals surface area contributed by atoms with E-state index in [4.69, 9.17) is 0 Å². The molecule has 2 bridgehead atoms. The van der Waals surface area contributed by atoms with Crippen LogP contribution in [0.1, 0.15) is 36.8 Å². The van der Waals surface area contributed by atoms with Gasteiger partial charge in [-0.3, -0.25) is 9.59 Å². The van der Waals surface area contributed by atoms with Crippen molar-refractivity contribution in [1.82, 2.24) is 15.1 Å². The van der Waals surface area contributed by atoms with Crippen molar-refractivity contribution in [2.75, 3.05) is 39.8 Å². The van der Waals surface area contributed by atoms with Crippen molar-refractivity contribution in [2.45, 2.75) is 49.2 Å². The number of carbonyl (C=O) groups excluding carboxylic acids is 2. The molecule has 0 aromatic heterocycles. The maximum Gasteiger partial charge on any atom is 0.223 e. The highest BCUT2D eigenvalue weighted by atomic mass is 16.3. The number of carbonyl (C=O) groups is 2. The van der Waals surface area contributed by atoms with Crippen molar-refractivity contribution in [3.63, 3.8) is 0 Å². The van der Waals surface area contributed by atoms with E-state index in [0.29, 0.717) is 32.4 Å². The van der Waals surface area contributed by atoms with Crippen LogP contribution in [0.3, 0.4) is 0 Å². The number of piperidine rings is 1. The van der Waals surface area contributed by atoms with Gasteiger partial charge in [0.05, 0.1) is 5.60 Å². The molecule has 2 aliphatic heterocycles. The maximum absolute atomic E-state index is 13.3. The minimum Gasteiger partial charge on any atom is -0.508 e. The fourth-order valence-electron chi connectivity index (χ4n) is 6.55. The standard InChI is InChI=1S/C23H31N3O4/c1-25-7-4-22-14-19(28)16(11-21(29)26-8-5-24-6-9-26)13-23(22,30)20(25)10-15-2-3-17(27)12-18(15)22/h2-3,12,16,20,24,27,30H,4-11,13-14H2,1H3/t16-,20+,22+,23+/m0/s1. The van der Waals surface area contributed by atoms with Crippen molar-refractivity contribution in [2.24, 2.45) is 5.92 Å². The Morgan fingerprint density at radius 3 is 2.80 bits per heavy atom. The first-order valence-corrected chi connectivity index (χ1v) is 11.1. The molecule has 2 aliphatic carbocycles. The van der Waals surface area contributed by atoms with Crippen LogP contribution in [0.2, 0.25) is 0 Å². The van der Waals surface area contributed by atoms with E-state index in [1.807, 2.05) is 18.0 Å². The summed E-state index contributed by atoms with van der Waals surface area (Å²) in [5.41, 5.74) is 0.275. The molecular weight excluding hydrogens is 382 g/mol. The normalized spacial score (nSPS) is 36.2. The van der Waals surface area contributed by atoms with Gasteiger partial charge in [-0.1, -0.05) is 6.07 Å². The average molecular weight is 414 g/mol. The molecule has 30 heavy (non-hydrogen) atoms. The first-order chi connectivity index (χ1) is 14.3. The van der Waals surface area contributed by atoms with Crippen molar-refractivity contribution in [3.05, 3.63) is 29.3 Å². The smallest absolute Gasteiger partial charge is 0.223 e. The Morgan fingerprint density at radius 2 is 2.03 bits per heavy atom. The first kappa shape index (κ1) is 20.0. The number of amides is 1. The van der Waals surface area contributed by atoms with Gasteiger partial charge in [0.15, 0.2) is 0 Å². The molecule has 0 unspecified atom stereocenters. The lowest BCUT2D eigenvalue weighted by Gasteiger charge is -2.63. The molecule has 1 aromatic rings. The van der Waals surface area contributed by atoms with E-state index >= 15 is 0 Å². The van der Waals surface area contributed by atoms with Gasteiger partial charge in [0.2, 0.25) is 5.91 Å². The Balaban J connectivity index is 1.48. The number of hydrogen-bond donors (Lipinski definition) is 3. The number of nitrogens with zero attached hydrogens (tertiary/aromatic N) is 2. The fraction of sp³-hybridized carbons (Fsp3) is 0.652. The third kappa shape index (κ3) is 2.82. The Labute approximate surface area is 177 Å². The van der Waals surface area contributed by atoms with Gasteiger partial charge in [-0.25, -0.2) is 0 Å². The van der Waals surface area contributed by atoms with Crippen molar-refractivity contribution in [1.29, 1.82) is 0 Å². The zero-order valence-electron chi connectivity index (χ0n) is 17.6. The number of likely N-dealkylation sites (N-methyl/N-ethyl adjacent to an activating group) is 1. The van der Waals surface area contributed by atoms with Crippen LogP contribution in [0, 0.1) is 5.92 Å². The number of ketones is 1. The van der Waals surface area contributed by atoms with Gasteiger partial charge < -0.3 is 25.3 Å². The zero-order valence-corrected chi connectivity index (χ0v) is 17.6. The Hall–Kier alpha value is -1.96. The predicted octanol–water partition coefficient (Wildman–Crippen LogP) is 0.422. The first-order valence-electron chi connectivity index (χ1n) is 11.1. The minimum atomic E-state index is -1.08. The number of fused-ring (bicyclic) bond motifs is 1. The molecule has 4 atom stereocenters. The Kier molecular flexibility index (Phi) is 4.69. The van der Waals surface area contributed by atoms with E-state index in [-0.39, 0.29) is 36.3 Å². The fourth-order valence-corrected chi connectivity index (χ4v) is 6.55. The lowest BCUT2D eigenvalue weighted by atomic mass is 9.47. The van der Waals surface area contributed by atoms with Crippen LogP contribution in [0.15, 0.2) is 18.2 Å². The molecule has 7 nitrogen and oxygen atoms in total. The molecule has 1 aromatic carbocycles. The lowest BCUT2D eigenvalue weighted by molar-refractivity contribution is -0.179. The lowest BCUT2D eigenvalue weighted by Crippen LogP contribution is -2.73. The quantitative estimate of drug-likeness (QED) is 0.651. The second-order valence-electron chi connectivity index (χ2n) is 9.68. The highest BCUT2D eigenvalue weighted by Gasteiger charge is 2.66. The van der Waals surface area contributed by atoms with E-state index in [0.717, 1.165) is 30.8 Å². The summed E-state index contributed by atoms with van der Waals surface area (Å²) in [7, 11) is 2.04. The third-order valence-corrected chi connectivity index (χ3v) is 8.21. The Bertz CT molecular complexity index is 883. The number of likely N-dealkylation sites (tertiary alicyclic amines) is 1. The summed E-state index contributed by atoms with van der Waals surface area (Å²) in [5, 5.41) is 25.6. The van der Waals surface area contributed by atoms with E-state index < -0.39 is 16.9 Å². The summed E-state index contributed by atoms with van der Waals surface area (Å²) < 4.78 is 0. The largest absolute Gasteiger partial charge is 0.508 e. The van der Waals surface area contributed by atoms with Crippen LogP contribution < -0.4 is 5.32 Å². The van der Waals surface area contributed by atoms with Gasteiger partial charge in [0.1, 0.15) is 11.5 Å². The molecule has 3 fully saturated rings. The number of hydrogen-bond acceptors (Lipinski definition) is 6. The van der Waals surface area contributed by atoms with Gasteiger partial charge in [-0.2, -0.15) is 0 Å². The molecule has 2 saturated heterocycles. The van der Waals surface area contributed by atoms with Gasteiger partial charge in [-0.15, -0.1) is 0 Å². The van der Waals surface area contributed by atoms with Gasteiger partial charge in [0.25, 0.3) is 0 Å². The van der Waals surface area contributed by atoms with Crippen molar-refractivity contribution >= 4 is 11.7 Å².